The molecular formula is C24H24ClN3O5. The number of carbonyl (C=O) groups excluding carboxylic acids is 2. The highest BCUT2D eigenvalue weighted by atomic mass is 35.5. The van der Waals surface area contributed by atoms with Crippen molar-refractivity contribution >= 4 is 34.6 Å². The second-order valence-electron chi connectivity index (χ2n) is 8.62. The Morgan fingerprint density at radius 2 is 2.09 bits per heavy atom. The van der Waals surface area contributed by atoms with E-state index < -0.39 is 23.5 Å². The largest absolute Gasteiger partial charge is 0.491 e. The van der Waals surface area contributed by atoms with E-state index in [4.69, 9.17) is 31.2 Å². The maximum absolute atomic E-state index is 13.0. The van der Waals surface area contributed by atoms with Crippen molar-refractivity contribution < 1.29 is 23.5 Å². The summed E-state index contributed by atoms with van der Waals surface area (Å²) >= 11 is 6.01. The average Bonchev–Trinajstić information content (AvgIpc) is 3.28. The van der Waals surface area contributed by atoms with E-state index in [2.05, 4.69) is 9.88 Å². The lowest BCUT2D eigenvalue weighted by molar-refractivity contribution is -0.136. The maximum atomic E-state index is 13.0. The molecule has 3 atom stereocenters. The molecule has 9 heteroatoms. The van der Waals surface area contributed by atoms with Crippen LogP contribution < -0.4 is 10.5 Å². The number of hydrogen-bond acceptors (Lipinski definition) is 7. The molecule has 2 bridgehead atoms. The summed E-state index contributed by atoms with van der Waals surface area (Å²) in [4.78, 5) is 32.1. The second-order valence-corrected chi connectivity index (χ2v) is 9.06. The zero-order valence-corrected chi connectivity index (χ0v) is 18.9. The summed E-state index contributed by atoms with van der Waals surface area (Å²) in [6, 6.07) is 11.1. The van der Waals surface area contributed by atoms with Crippen LogP contribution in [0.25, 0.3) is 11.1 Å². The first-order valence-corrected chi connectivity index (χ1v) is 11.2. The topological polar surface area (TPSA) is 108 Å². The van der Waals surface area contributed by atoms with E-state index in [1.807, 2.05) is 24.3 Å². The number of furan rings is 1. The number of methoxy groups -OCH3 is 1. The molecule has 0 radical (unpaired) electrons. The third-order valence-corrected chi connectivity index (χ3v) is 7.03. The normalized spacial score (nSPS) is 24.7. The molecule has 0 aliphatic carbocycles. The zero-order valence-electron chi connectivity index (χ0n) is 18.1. The fourth-order valence-electron chi connectivity index (χ4n) is 5.24. The molecule has 2 saturated heterocycles. The number of piperidine rings is 1. The maximum Gasteiger partial charge on any atom is 0.378 e. The molecule has 3 aromatic rings. The van der Waals surface area contributed by atoms with Gasteiger partial charge in [-0.25, -0.2) is 9.78 Å². The van der Waals surface area contributed by atoms with Crippen molar-refractivity contribution in [3.63, 3.8) is 0 Å². The highest BCUT2D eigenvalue weighted by molar-refractivity contribution is 6.30. The molecule has 33 heavy (non-hydrogen) atoms. The molecule has 5 rings (SSSR count). The van der Waals surface area contributed by atoms with Crippen LogP contribution in [0.2, 0.25) is 5.02 Å². The quantitative estimate of drug-likeness (QED) is 0.548. The monoisotopic (exact) mass is 469 g/mol. The lowest BCUT2D eigenvalue weighted by Crippen LogP contribution is -2.60. The number of halogens is 1. The van der Waals surface area contributed by atoms with Gasteiger partial charge < -0.3 is 19.6 Å². The lowest BCUT2D eigenvalue weighted by Gasteiger charge is -2.45. The Balaban J connectivity index is 1.37. The molecule has 8 nitrogen and oxygen atoms in total. The van der Waals surface area contributed by atoms with Gasteiger partial charge in [-0.3, -0.25) is 9.69 Å². The Labute approximate surface area is 195 Å². The number of amides is 1. The van der Waals surface area contributed by atoms with E-state index >= 15 is 0 Å². The van der Waals surface area contributed by atoms with Crippen LogP contribution in [0.4, 0.5) is 0 Å². The molecular weight excluding hydrogens is 446 g/mol. The Morgan fingerprint density at radius 3 is 2.82 bits per heavy atom. The van der Waals surface area contributed by atoms with Gasteiger partial charge in [0.15, 0.2) is 16.8 Å². The van der Waals surface area contributed by atoms with E-state index in [-0.39, 0.29) is 17.6 Å². The number of hydrogen-bond donors (Lipinski definition) is 1. The van der Waals surface area contributed by atoms with E-state index in [1.54, 1.807) is 18.3 Å². The number of nitrogens with two attached hydrogens (primary N) is 1. The van der Waals surface area contributed by atoms with Gasteiger partial charge in [-0.15, -0.1) is 0 Å². The van der Waals surface area contributed by atoms with Crippen LogP contribution in [0, 0.1) is 0 Å². The molecule has 2 N–H and O–H groups in total. The second kappa shape index (κ2) is 8.35. The number of pyridine rings is 1. The lowest BCUT2D eigenvalue weighted by atomic mass is 9.85. The highest BCUT2D eigenvalue weighted by Crippen LogP contribution is 2.46. The first-order valence-electron chi connectivity index (χ1n) is 10.8. The first kappa shape index (κ1) is 21.7. The Morgan fingerprint density at radius 1 is 1.30 bits per heavy atom. The van der Waals surface area contributed by atoms with E-state index in [0.717, 1.165) is 12.0 Å². The van der Waals surface area contributed by atoms with Gasteiger partial charge in [-0.1, -0.05) is 23.7 Å². The molecule has 172 valence electrons. The van der Waals surface area contributed by atoms with Gasteiger partial charge >= 0.3 is 5.97 Å². The minimum absolute atomic E-state index is 0.0322. The molecule has 2 aliphatic heterocycles. The summed E-state index contributed by atoms with van der Waals surface area (Å²) in [6.07, 6.45) is 3.51. The number of aromatic nitrogens is 1. The number of benzene rings is 1. The standard InChI is InChI=1S/C24H24ClN3O5/c1-31-20-19-18(3-2-10-27-19)33-21(20)22(29)32-17-11-16-8-9-24(12-17,23(26)30)28(16)13-14-4-6-15(25)7-5-14/h2-7,10,16-17H,8-9,11-13H2,1H3,(H2,26,30). The zero-order chi connectivity index (χ0) is 23.2. The van der Waals surface area contributed by atoms with Crippen LogP contribution in [-0.4, -0.2) is 46.6 Å². The van der Waals surface area contributed by atoms with Crippen LogP contribution in [0.1, 0.15) is 41.8 Å². The summed E-state index contributed by atoms with van der Waals surface area (Å²) in [7, 11) is 1.45. The van der Waals surface area contributed by atoms with E-state index in [1.165, 1.54) is 7.11 Å². The third-order valence-electron chi connectivity index (χ3n) is 6.77. The molecule has 1 aromatic carbocycles. The summed E-state index contributed by atoms with van der Waals surface area (Å²) in [5.74, 6) is -0.830. The van der Waals surface area contributed by atoms with Gasteiger partial charge in [0.1, 0.15) is 11.6 Å². The fraction of sp³-hybridized carbons (Fsp3) is 0.375. The van der Waals surface area contributed by atoms with Gasteiger partial charge in [0.25, 0.3) is 5.76 Å². The summed E-state index contributed by atoms with van der Waals surface area (Å²) in [6.45, 7) is 0.578. The van der Waals surface area contributed by atoms with E-state index in [9.17, 15) is 9.59 Å². The van der Waals surface area contributed by atoms with Crippen molar-refractivity contribution in [1.82, 2.24) is 9.88 Å². The van der Waals surface area contributed by atoms with Crippen molar-refractivity contribution in [3.05, 3.63) is 58.9 Å². The van der Waals surface area contributed by atoms with Crippen molar-refractivity contribution in [2.45, 2.75) is 49.9 Å². The molecule has 0 spiro atoms. The minimum atomic E-state index is -0.868. The van der Waals surface area contributed by atoms with Crippen molar-refractivity contribution in [2.24, 2.45) is 5.73 Å². The predicted octanol–water partition coefficient (Wildman–Crippen LogP) is 3.70. The molecule has 2 fully saturated rings. The van der Waals surface area contributed by atoms with Gasteiger partial charge in [0.2, 0.25) is 5.91 Å². The van der Waals surface area contributed by atoms with Gasteiger partial charge in [-0.05, 0) is 42.7 Å². The number of fused-ring (bicyclic) bond motifs is 3. The van der Waals surface area contributed by atoms with Crippen molar-refractivity contribution in [3.8, 4) is 5.75 Å². The van der Waals surface area contributed by atoms with Gasteiger partial charge in [-0.2, -0.15) is 0 Å². The molecule has 1 amide bonds. The first-order chi connectivity index (χ1) is 15.9. The minimum Gasteiger partial charge on any atom is -0.491 e. The van der Waals surface area contributed by atoms with Crippen LogP contribution in [-0.2, 0) is 16.1 Å². The number of rotatable bonds is 6. The molecule has 4 heterocycles. The third kappa shape index (κ3) is 3.73. The van der Waals surface area contributed by atoms with Crippen molar-refractivity contribution in [2.75, 3.05) is 7.11 Å². The smallest absolute Gasteiger partial charge is 0.378 e. The Bertz CT molecular complexity index is 1210. The SMILES string of the molecule is COc1c(C(=O)OC2CC3CCC(C(N)=O)(C2)N3Cc2ccc(Cl)cc2)oc2cccnc12. The van der Waals surface area contributed by atoms with Gasteiger partial charge in [0, 0.05) is 36.6 Å². The molecule has 3 unspecified atom stereocenters. The predicted molar refractivity (Wildman–Crippen MR) is 121 cm³/mol. The number of ether oxygens (including phenoxy) is 2. The number of primary amides is 1. The average molecular weight is 470 g/mol. The summed E-state index contributed by atoms with van der Waals surface area (Å²) < 4.78 is 16.9. The van der Waals surface area contributed by atoms with Crippen LogP contribution in [0.3, 0.4) is 0 Å². The van der Waals surface area contributed by atoms with Gasteiger partial charge in [0.05, 0.1) is 7.11 Å². The summed E-state index contributed by atoms with van der Waals surface area (Å²) in [5, 5.41) is 0.660. The van der Waals surface area contributed by atoms with Crippen LogP contribution in [0.5, 0.6) is 5.75 Å². The number of carbonyl (C=O) groups is 2. The fourth-order valence-corrected chi connectivity index (χ4v) is 5.37. The highest BCUT2D eigenvalue weighted by Gasteiger charge is 2.56. The van der Waals surface area contributed by atoms with Crippen molar-refractivity contribution in [1.29, 1.82) is 0 Å². The number of nitrogens with zero attached hydrogens (tertiary/aromatic N) is 2. The molecule has 2 aliphatic rings. The summed E-state index contributed by atoms with van der Waals surface area (Å²) in [5.41, 5.74) is 6.99. The Hall–Kier alpha value is -3.10. The van der Waals surface area contributed by atoms with Crippen LogP contribution >= 0.6 is 11.6 Å². The van der Waals surface area contributed by atoms with Crippen LogP contribution in [0.15, 0.2) is 47.0 Å². The number of esters is 1. The van der Waals surface area contributed by atoms with E-state index in [0.29, 0.717) is 41.9 Å². The molecule has 2 aromatic heterocycles. The Kier molecular flexibility index (Phi) is 5.50. The molecule has 0 saturated carbocycles.